The Morgan fingerprint density at radius 2 is 1.91 bits per heavy atom. The van der Waals surface area contributed by atoms with Crippen LogP contribution in [0.2, 0.25) is 0 Å². The Kier molecular flexibility index (Phi) is 6.39. The Labute approximate surface area is 185 Å². The second-order valence-corrected chi connectivity index (χ2v) is 7.66. The molecule has 3 aromatic rings. The van der Waals surface area contributed by atoms with Gasteiger partial charge in [-0.25, -0.2) is 4.39 Å². The van der Waals surface area contributed by atoms with Crippen molar-refractivity contribution in [2.24, 2.45) is 5.73 Å². The van der Waals surface area contributed by atoms with Gasteiger partial charge in [-0.15, -0.1) is 0 Å². The molecule has 0 aliphatic carbocycles. The van der Waals surface area contributed by atoms with Crippen molar-refractivity contribution < 1.29 is 18.7 Å². The lowest BCUT2D eigenvalue weighted by Crippen LogP contribution is -2.41. The Morgan fingerprint density at radius 1 is 1.12 bits per heavy atom. The minimum atomic E-state index is -0.507. The molecule has 32 heavy (non-hydrogen) atoms. The van der Waals surface area contributed by atoms with Gasteiger partial charge in [0, 0.05) is 42.5 Å². The van der Waals surface area contributed by atoms with Crippen molar-refractivity contribution in [3.63, 3.8) is 0 Å². The number of piperidine rings is 1. The molecule has 1 atom stereocenters. The van der Waals surface area contributed by atoms with Gasteiger partial charge >= 0.3 is 0 Å². The third-order valence-electron chi connectivity index (χ3n) is 5.48. The van der Waals surface area contributed by atoms with Crippen LogP contribution < -0.4 is 10.5 Å². The van der Waals surface area contributed by atoms with Gasteiger partial charge in [0.05, 0.1) is 11.4 Å². The summed E-state index contributed by atoms with van der Waals surface area (Å²) >= 11 is 0. The minimum absolute atomic E-state index is 0.000504. The van der Waals surface area contributed by atoms with Crippen LogP contribution in [0.4, 0.5) is 4.39 Å². The van der Waals surface area contributed by atoms with Crippen LogP contribution in [0.5, 0.6) is 5.75 Å². The molecular formula is C24H23FN4O3. The van der Waals surface area contributed by atoms with E-state index in [1.807, 2.05) is 6.07 Å². The number of hydrogen-bond donors (Lipinski definition) is 1. The number of halogens is 1. The average molecular weight is 434 g/mol. The number of amides is 2. The molecule has 1 aliphatic heterocycles. The predicted molar refractivity (Wildman–Crippen MR) is 116 cm³/mol. The molecule has 164 valence electrons. The fourth-order valence-corrected chi connectivity index (χ4v) is 3.88. The molecule has 1 saturated heterocycles. The molecule has 0 bridgehead atoms. The fraction of sp³-hybridized carbons (Fsp3) is 0.250. The van der Waals surface area contributed by atoms with Crippen LogP contribution >= 0.6 is 0 Å². The predicted octanol–water partition coefficient (Wildman–Crippen LogP) is 3.17. The van der Waals surface area contributed by atoms with E-state index in [0.29, 0.717) is 30.1 Å². The van der Waals surface area contributed by atoms with Gasteiger partial charge in [0.1, 0.15) is 11.6 Å². The van der Waals surface area contributed by atoms with E-state index in [9.17, 15) is 14.0 Å². The maximum atomic E-state index is 13.0. The minimum Gasteiger partial charge on any atom is -0.484 e. The van der Waals surface area contributed by atoms with Gasteiger partial charge in [-0.3, -0.25) is 19.6 Å². The van der Waals surface area contributed by atoms with Crippen molar-refractivity contribution in [3.05, 3.63) is 78.0 Å². The fourth-order valence-electron chi connectivity index (χ4n) is 3.88. The van der Waals surface area contributed by atoms with Gasteiger partial charge in [0.15, 0.2) is 6.61 Å². The van der Waals surface area contributed by atoms with Crippen molar-refractivity contribution in [1.82, 2.24) is 14.9 Å². The number of aromatic nitrogens is 2. The summed E-state index contributed by atoms with van der Waals surface area (Å²) < 4.78 is 18.5. The van der Waals surface area contributed by atoms with E-state index < -0.39 is 5.91 Å². The van der Waals surface area contributed by atoms with Crippen molar-refractivity contribution in [2.45, 2.75) is 18.8 Å². The molecule has 2 N–H and O–H groups in total. The maximum Gasteiger partial charge on any atom is 0.260 e. The number of carbonyl (C=O) groups excluding carboxylic acids is 2. The van der Waals surface area contributed by atoms with Crippen LogP contribution in [0.15, 0.2) is 60.9 Å². The van der Waals surface area contributed by atoms with Crippen molar-refractivity contribution in [1.29, 1.82) is 0 Å². The highest BCUT2D eigenvalue weighted by Gasteiger charge is 2.28. The topological polar surface area (TPSA) is 98.4 Å². The van der Waals surface area contributed by atoms with Crippen LogP contribution in [-0.4, -0.2) is 46.4 Å². The number of primary amides is 1. The molecule has 2 aromatic carbocycles. The third-order valence-corrected chi connectivity index (χ3v) is 5.48. The van der Waals surface area contributed by atoms with Crippen LogP contribution in [0.25, 0.3) is 11.3 Å². The molecule has 1 aromatic heterocycles. The van der Waals surface area contributed by atoms with Gasteiger partial charge in [0.2, 0.25) is 5.91 Å². The van der Waals surface area contributed by atoms with E-state index in [2.05, 4.69) is 9.97 Å². The second kappa shape index (κ2) is 9.55. The Morgan fingerprint density at radius 3 is 2.69 bits per heavy atom. The zero-order valence-electron chi connectivity index (χ0n) is 17.4. The van der Waals surface area contributed by atoms with Crippen molar-refractivity contribution in [2.75, 3.05) is 19.7 Å². The molecule has 2 amide bonds. The SMILES string of the molecule is NC(=O)c1cccc(-c2nccnc2C2CCCN(C(=O)COc3ccc(F)cc3)C2)c1. The van der Waals surface area contributed by atoms with Gasteiger partial charge in [0.25, 0.3) is 5.91 Å². The molecule has 7 nitrogen and oxygen atoms in total. The van der Waals surface area contributed by atoms with Crippen LogP contribution in [0.1, 0.15) is 34.8 Å². The monoisotopic (exact) mass is 434 g/mol. The van der Waals surface area contributed by atoms with E-state index in [4.69, 9.17) is 10.5 Å². The molecule has 0 spiro atoms. The summed E-state index contributed by atoms with van der Waals surface area (Å²) in [5.41, 5.74) is 8.04. The van der Waals surface area contributed by atoms with Crippen LogP contribution in [0, 0.1) is 5.82 Å². The highest BCUT2D eigenvalue weighted by Crippen LogP contribution is 2.32. The first kappa shape index (κ1) is 21.4. The Bertz CT molecular complexity index is 1120. The molecule has 8 heteroatoms. The number of carbonyl (C=O) groups is 2. The Hall–Kier alpha value is -3.81. The summed E-state index contributed by atoms with van der Waals surface area (Å²) in [6.07, 6.45) is 4.93. The number of nitrogens with two attached hydrogens (primary N) is 1. The summed E-state index contributed by atoms with van der Waals surface area (Å²) in [7, 11) is 0. The number of benzene rings is 2. The number of hydrogen-bond acceptors (Lipinski definition) is 5. The van der Waals surface area contributed by atoms with Crippen LogP contribution in [0.3, 0.4) is 0 Å². The van der Waals surface area contributed by atoms with E-state index >= 15 is 0 Å². The van der Waals surface area contributed by atoms with E-state index in [0.717, 1.165) is 24.1 Å². The van der Waals surface area contributed by atoms with Crippen molar-refractivity contribution in [3.8, 4) is 17.0 Å². The largest absolute Gasteiger partial charge is 0.484 e. The van der Waals surface area contributed by atoms with Crippen molar-refractivity contribution >= 4 is 11.8 Å². The lowest BCUT2D eigenvalue weighted by Gasteiger charge is -2.33. The quantitative estimate of drug-likeness (QED) is 0.643. The zero-order valence-corrected chi connectivity index (χ0v) is 17.4. The number of nitrogens with zero attached hydrogens (tertiary/aromatic N) is 3. The summed E-state index contributed by atoms with van der Waals surface area (Å²) in [5, 5.41) is 0. The highest BCUT2D eigenvalue weighted by molar-refractivity contribution is 5.94. The molecule has 0 saturated carbocycles. The second-order valence-electron chi connectivity index (χ2n) is 7.66. The van der Waals surface area contributed by atoms with Gasteiger partial charge in [-0.05, 0) is 49.2 Å². The smallest absolute Gasteiger partial charge is 0.260 e. The van der Waals surface area contributed by atoms with Crippen LogP contribution in [-0.2, 0) is 4.79 Å². The average Bonchev–Trinajstić information content (AvgIpc) is 2.83. The van der Waals surface area contributed by atoms with Gasteiger partial charge in [-0.2, -0.15) is 0 Å². The van der Waals surface area contributed by atoms with Gasteiger partial charge in [-0.1, -0.05) is 12.1 Å². The zero-order chi connectivity index (χ0) is 22.5. The third kappa shape index (κ3) is 4.91. The molecule has 0 radical (unpaired) electrons. The lowest BCUT2D eigenvalue weighted by molar-refractivity contribution is -0.134. The Balaban J connectivity index is 1.49. The molecule has 1 fully saturated rings. The molecular weight excluding hydrogens is 411 g/mol. The summed E-state index contributed by atoms with van der Waals surface area (Å²) in [6.45, 7) is 1.01. The van der Waals surface area contributed by atoms with Gasteiger partial charge < -0.3 is 15.4 Å². The maximum absolute atomic E-state index is 13.0. The number of rotatable bonds is 6. The number of likely N-dealkylation sites (tertiary alicyclic amines) is 1. The van der Waals surface area contributed by atoms with E-state index in [1.165, 1.54) is 24.3 Å². The molecule has 1 unspecified atom stereocenters. The molecule has 2 heterocycles. The first-order valence-corrected chi connectivity index (χ1v) is 10.4. The van der Waals surface area contributed by atoms with E-state index in [-0.39, 0.29) is 24.2 Å². The van der Waals surface area contributed by atoms with E-state index in [1.54, 1.807) is 35.5 Å². The standard InChI is InChI=1S/C24H23FN4O3/c25-19-6-8-20(9-7-19)32-15-21(30)29-12-2-5-18(14-29)23-22(27-10-11-28-23)16-3-1-4-17(13-16)24(26)31/h1,3-4,6-11,13,18H,2,5,12,14-15H2,(H2,26,31). The number of ether oxygens (including phenoxy) is 1. The first-order valence-electron chi connectivity index (χ1n) is 10.4. The summed E-state index contributed by atoms with van der Waals surface area (Å²) in [5.74, 6) is -0.560. The highest BCUT2D eigenvalue weighted by atomic mass is 19.1. The molecule has 4 rings (SSSR count). The molecule has 1 aliphatic rings. The first-order chi connectivity index (χ1) is 15.5. The summed E-state index contributed by atoms with van der Waals surface area (Å²) in [6, 6.07) is 12.6. The summed E-state index contributed by atoms with van der Waals surface area (Å²) in [4.78, 5) is 35.1. The normalized spacial score (nSPS) is 15.9. The lowest BCUT2D eigenvalue weighted by atomic mass is 9.91.